The maximum Gasteiger partial charge on any atom is 0.671 e. The third-order valence-electron chi connectivity index (χ3n) is 0.627. The largest absolute Gasteiger partial charge is 0.671 e. The van der Waals surface area contributed by atoms with Gasteiger partial charge >= 0.3 is 9.05 Å². The first-order valence-electron chi connectivity index (χ1n) is 3.27. The number of hydrogen-bond donors (Lipinski definition) is 3. The van der Waals surface area contributed by atoms with Crippen LogP contribution in [0, 0.1) is 0 Å². The molecule has 0 amide bonds. The second-order valence-electron chi connectivity index (χ2n) is 1.58. The molecule has 0 saturated heterocycles. The maximum atomic E-state index is 8.05. The van der Waals surface area contributed by atoms with E-state index in [0.717, 1.165) is 17.1 Å². The van der Waals surface area contributed by atoms with Gasteiger partial charge in [0.2, 0.25) is 0 Å². The third-order valence-corrected chi connectivity index (χ3v) is 1.88. The number of rotatable bonds is 3. The van der Waals surface area contributed by atoms with E-state index in [1.165, 1.54) is 0 Å². The van der Waals surface area contributed by atoms with Crippen LogP contribution in [0.4, 0.5) is 0 Å². The van der Waals surface area contributed by atoms with Gasteiger partial charge in [-0.05, 0) is 13.8 Å². The molecule has 0 fully saturated rings. The Bertz CT molecular complexity index is 71.4. The molecule has 0 spiro atoms. The second kappa shape index (κ2) is 8.33. The van der Waals surface area contributed by atoms with E-state index in [1.54, 1.807) is 6.92 Å². The highest BCUT2D eigenvalue weighted by Gasteiger charge is 2.28. The summed E-state index contributed by atoms with van der Waals surface area (Å²) < 4.78 is 8.72. The van der Waals surface area contributed by atoms with Gasteiger partial charge in [-0.15, -0.1) is 0 Å². The van der Waals surface area contributed by atoms with Crippen molar-refractivity contribution in [2.75, 3.05) is 13.2 Å². The molecule has 0 saturated carbocycles. The predicted octanol–water partition coefficient (Wildman–Crippen LogP) is -2.26. The lowest BCUT2D eigenvalue weighted by molar-refractivity contribution is 0.0687. The van der Waals surface area contributed by atoms with Crippen LogP contribution in [-0.4, -0.2) is 47.1 Å². The molecule has 5 nitrogen and oxygen atoms in total. The van der Waals surface area contributed by atoms with Gasteiger partial charge in [0.05, 0.1) is 0 Å². The van der Waals surface area contributed by atoms with Gasteiger partial charge in [0.15, 0.2) is 0 Å². The van der Waals surface area contributed by atoms with Crippen molar-refractivity contribution in [1.82, 2.24) is 0 Å². The van der Waals surface area contributed by atoms with Gasteiger partial charge in [0, 0.05) is 13.2 Å². The highest BCUT2D eigenvalue weighted by molar-refractivity contribution is 6.48. The fourth-order valence-electron chi connectivity index (χ4n) is 0.194. The van der Waals surface area contributed by atoms with Gasteiger partial charge in [-0.1, -0.05) is 0 Å². The van der Waals surface area contributed by atoms with Crippen LogP contribution in [0.1, 0.15) is 13.8 Å². The van der Waals surface area contributed by atoms with Crippen LogP contribution in [0.2, 0.25) is 0 Å². The summed E-state index contributed by atoms with van der Waals surface area (Å²) in [6, 6.07) is 0. The van der Waals surface area contributed by atoms with E-state index in [0.29, 0.717) is 0 Å². The molecule has 0 bridgehead atoms. The molecule has 0 aliphatic rings. The van der Waals surface area contributed by atoms with Gasteiger partial charge in [0.1, 0.15) is 10.5 Å². The van der Waals surface area contributed by atoms with Crippen molar-refractivity contribution < 1.29 is 23.2 Å². The minimum absolute atomic E-state index is 0.121. The Hall–Kier alpha value is 0.234. The molecule has 0 aliphatic carbocycles. The smallest absolute Gasteiger partial charge is 0.428 e. The SMILES string of the molecule is CCO[SiH3].CCO[Si](O)(O)O. The first kappa shape index (κ1) is 13.8. The third kappa shape index (κ3) is 25.3. The van der Waals surface area contributed by atoms with Crippen LogP contribution in [0.15, 0.2) is 0 Å². The average molecular weight is 200 g/mol. The maximum absolute atomic E-state index is 8.05. The first-order chi connectivity index (χ1) is 4.97. The molecule has 70 valence electrons. The van der Waals surface area contributed by atoms with Gasteiger partial charge in [0.25, 0.3) is 0 Å². The molecule has 3 N–H and O–H groups in total. The fourth-order valence-corrected chi connectivity index (χ4v) is 0.581. The Kier molecular flexibility index (Phi) is 10.5. The molecule has 0 aromatic rings. The molecule has 0 atom stereocenters. The van der Waals surface area contributed by atoms with E-state index in [2.05, 4.69) is 8.85 Å². The van der Waals surface area contributed by atoms with Crippen LogP contribution < -0.4 is 0 Å². The van der Waals surface area contributed by atoms with E-state index in [1.807, 2.05) is 6.92 Å². The van der Waals surface area contributed by atoms with Crippen molar-refractivity contribution in [1.29, 1.82) is 0 Å². The van der Waals surface area contributed by atoms with E-state index in [9.17, 15) is 0 Å². The average Bonchev–Trinajstić information content (AvgIpc) is 1.86. The first-order valence-corrected chi connectivity index (χ1v) is 5.84. The quantitative estimate of drug-likeness (QED) is 0.448. The summed E-state index contributed by atoms with van der Waals surface area (Å²) in [6.45, 7) is 4.55. The zero-order valence-electron chi connectivity index (χ0n) is 7.07. The minimum atomic E-state index is -4.16. The van der Waals surface area contributed by atoms with Crippen molar-refractivity contribution in [3.63, 3.8) is 0 Å². The highest BCUT2D eigenvalue weighted by Crippen LogP contribution is 1.85. The monoisotopic (exact) mass is 200 g/mol. The van der Waals surface area contributed by atoms with Crippen molar-refractivity contribution in [3.05, 3.63) is 0 Å². The van der Waals surface area contributed by atoms with Gasteiger partial charge in [-0.2, -0.15) is 0 Å². The Labute approximate surface area is 70.6 Å². The van der Waals surface area contributed by atoms with Crippen LogP contribution in [0.25, 0.3) is 0 Å². The molecule has 0 unspecified atom stereocenters. The van der Waals surface area contributed by atoms with Gasteiger partial charge in [-0.3, -0.25) is 0 Å². The zero-order valence-corrected chi connectivity index (χ0v) is 10.1. The lowest BCUT2D eigenvalue weighted by Crippen LogP contribution is -2.38. The summed E-state index contributed by atoms with van der Waals surface area (Å²) >= 11 is 0. The Morgan fingerprint density at radius 2 is 1.55 bits per heavy atom. The normalized spacial score (nSPS) is 10.6. The van der Waals surface area contributed by atoms with Crippen LogP contribution in [0.5, 0.6) is 0 Å². The summed E-state index contributed by atoms with van der Waals surface area (Å²) in [5.41, 5.74) is 0. The van der Waals surface area contributed by atoms with E-state index >= 15 is 0 Å². The summed E-state index contributed by atoms with van der Waals surface area (Å²) in [4.78, 5) is 24.1. The molecule has 7 heteroatoms. The Morgan fingerprint density at radius 3 is 1.55 bits per heavy atom. The topological polar surface area (TPSA) is 79.2 Å². The lowest BCUT2D eigenvalue weighted by Gasteiger charge is -2.05. The van der Waals surface area contributed by atoms with Crippen LogP contribution in [-0.2, 0) is 8.85 Å². The van der Waals surface area contributed by atoms with E-state index < -0.39 is 9.05 Å². The van der Waals surface area contributed by atoms with Crippen LogP contribution >= 0.6 is 0 Å². The van der Waals surface area contributed by atoms with E-state index in [-0.39, 0.29) is 6.61 Å². The lowest BCUT2D eigenvalue weighted by atomic mass is 10.9. The summed E-state index contributed by atoms with van der Waals surface area (Å²) in [5.74, 6) is 0. The second-order valence-corrected chi connectivity index (χ2v) is 3.60. The zero-order chi connectivity index (χ0) is 9.33. The van der Waals surface area contributed by atoms with Crippen LogP contribution in [0.3, 0.4) is 0 Å². The summed E-state index contributed by atoms with van der Waals surface area (Å²) in [7, 11) is -3.27. The number of hydrogen-bond acceptors (Lipinski definition) is 5. The van der Waals surface area contributed by atoms with Crippen molar-refractivity contribution >= 4 is 19.5 Å². The molecule has 0 rings (SSSR count). The summed E-state index contributed by atoms with van der Waals surface area (Å²) in [5, 5.41) is 0. The van der Waals surface area contributed by atoms with E-state index in [4.69, 9.17) is 14.4 Å². The molecular weight excluding hydrogens is 184 g/mol. The van der Waals surface area contributed by atoms with Gasteiger partial charge < -0.3 is 23.2 Å². The minimum Gasteiger partial charge on any atom is -0.428 e. The van der Waals surface area contributed by atoms with Crippen molar-refractivity contribution in [2.24, 2.45) is 0 Å². The van der Waals surface area contributed by atoms with Crippen molar-refractivity contribution in [2.45, 2.75) is 13.8 Å². The molecule has 11 heavy (non-hydrogen) atoms. The summed E-state index contributed by atoms with van der Waals surface area (Å²) in [6.07, 6.45) is 0. The molecule has 0 aliphatic heterocycles. The standard InChI is InChI=1S/C2H8O4Si.C2H8OSi/c1-2-6-7(3,4)5;1-2-3-4/h3-5H,2H2,1H3;2H2,1,4H3. The predicted molar refractivity (Wildman–Crippen MR) is 45.6 cm³/mol. The molecule has 0 radical (unpaired) electrons. The molecule has 0 aromatic heterocycles. The highest BCUT2D eigenvalue weighted by atomic mass is 28.4. The molecule has 0 aromatic carbocycles. The Balaban J connectivity index is 0. The molecule has 0 heterocycles. The Morgan fingerprint density at radius 1 is 1.18 bits per heavy atom. The fraction of sp³-hybridized carbons (Fsp3) is 1.00. The molecular formula is C4H16O5Si2. The van der Waals surface area contributed by atoms with Crippen molar-refractivity contribution in [3.8, 4) is 0 Å². The van der Waals surface area contributed by atoms with Gasteiger partial charge in [-0.25, -0.2) is 0 Å².